The van der Waals surface area contributed by atoms with Gasteiger partial charge in [0, 0.05) is 24.6 Å². The van der Waals surface area contributed by atoms with Crippen molar-refractivity contribution in [2.24, 2.45) is 7.05 Å². The van der Waals surface area contributed by atoms with Crippen molar-refractivity contribution in [1.29, 1.82) is 0 Å². The molecule has 0 aliphatic heterocycles. The summed E-state index contributed by atoms with van der Waals surface area (Å²) in [4.78, 5) is 33.6. The molecular formula is C12H10N2O6. The van der Waals surface area contributed by atoms with E-state index in [2.05, 4.69) is 4.74 Å². The molecule has 0 unspecified atom stereocenters. The topological polar surface area (TPSA) is 112 Å². The molecule has 0 fully saturated rings. The van der Waals surface area contributed by atoms with Crippen molar-refractivity contribution in [2.75, 3.05) is 7.11 Å². The molecule has 0 amide bonds. The Kier molecular flexibility index (Phi) is 3.15. The summed E-state index contributed by atoms with van der Waals surface area (Å²) in [5.41, 5.74) is -1.29. The van der Waals surface area contributed by atoms with Crippen LogP contribution in [0.3, 0.4) is 0 Å². The largest absolute Gasteiger partial charge is 0.506 e. The lowest BCUT2D eigenvalue weighted by Crippen LogP contribution is -2.25. The number of pyridine rings is 1. The summed E-state index contributed by atoms with van der Waals surface area (Å²) in [6, 6.07) is 3.63. The second-order valence-electron chi connectivity index (χ2n) is 4.04. The van der Waals surface area contributed by atoms with E-state index in [4.69, 9.17) is 0 Å². The van der Waals surface area contributed by atoms with E-state index in [9.17, 15) is 24.8 Å². The first kappa shape index (κ1) is 13.5. The van der Waals surface area contributed by atoms with E-state index in [0.29, 0.717) is 0 Å². The van der Waals surface area contributed by atoms with E-state index in [1.165, 1.54) is 19.2 Å². The number of nitro groups is 1. The number of nitrogens with zero attached hydrogens (tertiary/aromatic N) is 2. The van der Waals surface area contributed by atoms with Gasteiger partial charge in [0.25, 0.3) is 11.2 Å². The highest BCUT2D eigenvalue weighted by Crippen LogP contribution is 2.29. The van der Waals surface area contributed by atoms with Gasteiger partial charge < -0.3 is 14.4 Å². The third kappa shape index (κ3) is 1.87. The first-order valence-corrected chi connectivity index (χ1v) is 5.47. The molecule has 0 radical (unpaired) electrons. The number of rotatable bonds is 2. The number of carbonyl (C=O) groups excluding carboxylic acids is 1. The average Bonchev–Trinajstić information content (AvgIpc) is 2.44. The number of methoxy groups -OCH3 is 1. The second-order valence-corrected chi connectivity index (χ2v) is 4.04. The summed E-state index contributed by atoms with van der Waals surface area (Å²) >= 11 is 0. The van der Waals surface area contributed by atoms with Crippen LogP contribution in [0.1, 0.15) is 10.4 Å². The van der Waals surface area contributed by atoms with Gasteiger partial charge in [0.05, 0.1) is 17.5 Å². The highest BCUT2D eigenvalue weighted by molar-refractivity contribution is 6.00. The maximum Gasteiger partial charge on any atom is 0.347 e. The average molecular weight is 278 g/mol. The number of aromatic nitrogens is 1. The summed E-state index contributed by atoms with van der Waals surface area (Å²) in [5, 5.41) is 20.8. The van der Waals surface area contributed by atoms with Crippen molar-refractivity contribution in [3.63, 3.8) is 0 Å². The standard InChI is InChI=1S/C12H10N2O6/c1-13-8-4-3-6(14(18)19)5-7(8)10(15)9(11(13)16)12(17)20-2/h3-5,15H,1-2H3. The van der Waals surface area contributed by atoms with Gasteiger partial charge in [-0.05, 0) is 6.07 Å². The van der Waals surface area contributed by atoms with Crippen LogP contribution in [0, 0.1) is 10.1 Å². The Morgan fingerprint density at radius 1 is 1.45 bits per heavy atom. The van der Waals surface area contributed by atoms with Crippen molar-refractivity contribution in [3.8, 4) is 5.75 Å². The Morgan fingerprint density at radius 2 is 2.10 bits per heavy atom. The molecule has 0 atom stereocenters. The lowest BCUT2D eigenvalue weighted by Gasteiger charge is -2.10. The SMILES string of the molecule is COC(=O)c1c(O)c2cc([N+](=O)[O-])ccc2n(C)c1=O. The molecule has 20 heavy (non-hydrogen) atoms. The summed E-state index contributed by atoms with van der Waals surface area (Å²) in [6.07, 6.45) is 0. The monoisotopic (exact) mass is 278 g/mol. The number of fused-ring (bicyclic) bond motifs is 1. The number of non-ortho nitro benzene ring substituents is 1. The van der Waals surface area contributed by atoms with Gasteiger partial charge in [0.15, 0.2) is 5.56 Å². The maximum absolute atomic E-state index is 12.0. The van der Waals surface area contributed by atoms with Crippen LogP contribution in [0.2, 0.25) is 0 Å². The molecule has 8 nitrogen and oxygen atoms in total. The number of ether oxygens (including phenoxy) is 1. The minimum Gasteiger partial charge on any atom is -0.506 e. The first-order valence-electron chi connectivity index (χ1n) is 5.47. The van der Waals surface area contributed by atoms with Crippen LogP contribution in [-0.2, 0) is 11.8 Å². The Balaban J connectivity index is 2.94. The van der Waals surface area contributed by atoms with Crippen LogP contribution in [0.5, 0.6) is 5.75 Å². The summed E-state index contributed by atoms with van der Waals surface area (Å²) in [5.74, 6) is -1.63. The molecule has 0 saturated carbocycles. The number of benzene rings is 1. The smallest absolute Gasteiger partial charge is 0.347 e. The molecule has 1 aromatic heterocycles. The van der Waals surface area contributed by atoms with Crippen LogP contribution in [0.4, 0.5) is 5.69 Å². The molecule has 8 heteroatoms. The quantitative estimate of drug-likeness (QED) is 0.497. The van der Waals surface area contributed by atoms with Gasteiger partial charge in [-0.2, -0.15) is 0 Å². The van der Waals surface area contributed by atoms with Gasteiger partial charge in [-0.1, -0.05) is 0 Å². The lowest BCUT2D eigenvalue weighted by atomic mass is 10.1. The molecule has 0 spiro atoms. The maximum atomic E-state index is 12.0. The fourth-order valence-electron chi connectivity index (χ4n) is 1.92. The highest BCUT2D eigenvalue weighted by atomic mass is 16.6. The van der Waals surface area contributed by atoms with Crippen molar-refractivity contribution < 1.29 is 19.6 Å². The Bertz CT molecular complexity index is 793. The molecule has 0 aliphatic carbocycles. The highest BCUT2D eigenvalue weighted by Gasteiger charge is 2.22. The molecule has 0 aliphatic rings. The molecule has 0 bridgehead atoms. The normalized spacial score (nSPS) is 10.5. The minimum atomic E-state index is -1.00. The molecule has 0 saturated heterocycles. The molecular weight excluding hydrogens is 268 g/mol. The van der Waals surface area contributed by atoms with Gasteiger partial charge in [0.2, 0.25) is 0 Å². The Morgan fingerprint density at radius 3 is 2.65 bits per heavy atom. The number of nitro benzene ring substituents is 1. The number of aryl methyl sites for hydroxylation is 1. The summed E-state index contributed by atoms with van der Waals surface area (Å²) in [6.45, 7) is 0. The number of aromatic hydroxyl groups is 1. The minimum absolute atomic E-state index is 0.0294. The van der Waals surface area contributed by atoms with E-state index < -0.39 is 27.8 Å². The van der Waals surface area contributed by atoms with Crippen molar-refractivity contribution in [2.45, 2.75) is 0 Å². The number of esters is 1. The van der Waals surface area contributed by atoms with E-state index in [1.807, 2.05) is 0 Å². The van der Waals surface area contributed by atoms with Crippen LogP contribution >= 0.6 is 0 Å². The van der Waals surface area contributed by atoms with Crippen LogP contribution in [0.25, 0.3) is 10.9 Å². The predicted octanol–water partition coefficient (Wildman–Crippen LogP) is 0.939. The first-order chi connectivity index (χ1) is 9.38. The zero-order chi connectivity index (χ0) is 15.0. The van der Waals surface area contributed by atoms with Crippen molar-refractivity contribution in [1.82, 2.24) is 4.57 Å². The number of hydrogen-bond acceptors (Lipinski definition) is 6. The Labute approximate surface area is 112 Å². The fraction of sp³-hybridized carbons (Fsp3) is 0.167. The molecule has 104 valence electrons. The van der Waals surface area contributed by atoms with Gasteiger partial charge in [-0.3, -0.25) is 14.9 Å². The van der Waals surface area contributed by atoms with Crippen molar-refractivity contribution in [3.05, 3.63) is 44.2 Å². The van der Waals surface area contributed by atoms with Gasteiger partial charge in [0.1, 0.15) is 5.75 Å². The molecule has 1 N–H and O–H groups in total. The molecule has 2 rings (SSSR count). The van der Waals surface area contributed by atoms with Crippen molar-refractivity contribution >= 4 is 22.6 Å². The third-order valence-corrected chi connectivity index (χ3v) is 2.95. The summed E-state index contributed by atoms with van der Waals surface area (Å²) < 4.78 is 5.55. The zero-order valence-electron chi connectivity index (χ0n) is 10.6. The van der Waals surface area contributed by atoms with Gasteiger partial charge >= 0.3 is 5.97 Å². The number of carbonyl (C=O) groups is 1. The van der Waals surface area contributed by atoms with Gasteiger partial charge in [-0.15, -0.1) is 0 Å². The van der Waals surface area contributed by atoms with E-state index >= 15 is 0 Å². The van der Waals surface area contributed by atoms with Crippen LogP contribution < -0.4 is 5.56 Å². The van der Waals surface area contributed by atoms with Crippen LogP contribution in [-0.4, -0.2) is 27.7 Å². The molecule has 1 aromatic carbocycles. The number of hydrogen-bond donors (Lipinski definition) is 1. The predicted molar refractivity (Wildman–Crippen MR) is 68.8 cm³/mol. The summed E-state index contributed by atoms with van der Waals surface area (Å²) in [7, 11) is 2.46. The zero-order valence-corrected chi connectivity index (χ0v) is 10.6. The van der Waals surface area contributed by atoms with E-state index in [0.717, 1.165) is 17.7 Å². The molecule has 1 heterocycles. The van der Waals surface area contributed by atoms with E-state index in [-0.39, 0.29) is 16.6 Å². The van der Waals surface area contributed by atoms with Gasteiger partial charge in [-0.25, -0.2) is 4.79 Å². The lowest BCUT2D eigenvalue weighted by molar-refractivity contribution is -0.384. The third-order valence-electron chi connectivity index (χ3n) is 2.95. The van der Waals surface area contributed by atoms with E-state index in [1.54, 1.807) is 0 Å². The van der Waals surface area contributed by atoms with Crippen LogP contribution in [0.15, 0.2) is 23.0 Å². The fourth-order valence-corrected chi connectivity index (χ4v) is 1.92. The molecule has 2 aromatic rings. The second kappa shape index (κ2) is 4.65. The Hall–Kier alpha value is -2.90.